The molecule has 0 unspecified atom stereocenters. The lowest BCUT2D eigenvalue weighted by molar-refractivity contribution is 0.349. The number of nitrogens with zero attached hydrogens (tertiary/aromatic N) is 2. The Morgan fingerprint density at radius 3 is 2.38 bits per heavy atom. The molecule has 0 aliphatic heterocycles. The third-order valence-electron chi connectivity index (χ3n) is 1.33. The highest BCUT2D eigenvalue weighted by Gasteiger charge is 2.52. The van der Waals surface area contributed by atoms with Gasteiger partial charge in [0.1, 0.15) is 0 Å². The molecular formula is C5H9N2O6P2S+. The average Bonchev–Trinajstić information content (AvgIpc) is 2.43. The van der Waals surface area contributed by atoms with Crippen molar-refractivity contribution in [2.75, 3.05) is 0 Å². The van der Waals surface area contributed by atoms with Gasteiger partial charge in [-0.1, -0.05) is 0 Å². The molecule has 0 atom stereocenters. The molecule has 1 aromatic rings. The van der Waals surface area contributed by atoms with E-state index in [1.165, 1.54) is 6.20 Å². The number of rotatable bonds is 3. The molecule has 0 saturated heterocycles. The van der Waals surface area contributed by atoms with Crippen molar-refractivity contribution >= 4 is 37.2 Å². The summed E-state index contributed by atoms with van der Waals surface area (Å²) in [6.07, 6.45) is 1.40. The van der Waals surface area contributed by atoms with Gasteiger partial charge in [0.2, 0.25) is 5.13 Å². The highest BCUT2D eigenvalue weighted by atomic mass is 32.1. The van der Waals surface area contributed by atoms with Crippen LogP contribution in [0.3, 0.4) is 0 Å². The van der Waals surface area contributed by atoms with Crippen LogP contribution in [-0.4, -0.2) is 34.6 Å². The zero-order valence-electron chi connectivity index (χ0n) is 7.92. The van der Waals surface area contributed by atoms with Crippen molar-refractivity contribution in [2.45, 2.75) is 6.92 Å². The largest absolute Gasteiger partial charge is 0.469 e. The van der Waals surface area contributed by atoms with Crippen LogP contribution < -0.4 is 0 Å². The molecule has 0 fully saturated rings. The molecule has 0 bridgehead atoms. The topological polar surface area (TPSA) is 143 Å². The minimum atomic E-state index is -5.04. The second-order valence-electron chi connectivity index (χ2n) is 2.78. The van der Waals surface area contributed by atoms with E-state index in [2.05, 4.69) is 9.98 Å². The van der Waals surface area contributed by atoms with E-state index in [1.807, 2.05) is 0 Å². The number of hydrogen-bond acceptors (Lipinski definition) is 7. The molecule has 16 heavy (non-hydrogen) atoms. The number of hydrogen-bond donors (Lipinski definition) is 5. The minimum absolute atomic E-state index is 0.0719. The summed E-state index contributed by atoms with van der Waals surface area (Å²) in [5.74, 6) is 0. The molecule has 1 aromatic heterocycles. The van der Waals surface area contributed by atoms with Crippen molar-refractivity contribution in [1.29, 1.82) is 0 Å². The first-order valence-electron chi connectivity index (χ1n) is 3.76. The lowest BCUT2D eigenvalue weighted by atomic mass is 10.7. The van der Waals surface area contributed by atoms with Crippen LogP contribution in [0.25, 0.3) is 0 Å². The van der Waals surface area contributed by atoms with Gasteiger partial charge in [0.15, 0.2) is 0 Å². The standard InChI is InChI=1S/C5H8N2O6P2S/c1-3-2-6-4(16-3)7-5(14(8,9)10)15(11,12)13/h2,8-10H,1H3,(H-,11,12,13)/p+1. The Balaban J connectivity index is 3.23. The summed E-state index contributed by atoms with van der Waals surface area (Å²) in [4.78, 5) is 51.8. The Hall–Kier alpha value is -0.240. The normalized spacial score (nSPS) is 14.2. The molecule has 0 saturated carbocycles. The third-order valence-corrected chi connectivity index (χ3v) is 4.98. The van der Waals surface area contributed by atoms with Gasteiger partial charge < -0.3 is 9.79 Å². The number of aliphatic imine (C=N–C) groups is 1. The zero-order valence-corrected chi connectivity index (χ0v) is 10.5. The van der Waals surface area contributed by atoms with Gasteiger partial charge in [-0.2, -0.15) is 19.7 Å². The molecule has 0 aromatic carbocycles. The number of aryl methyl sites for hydroxylation is 1. The Kier molecular flexibility index (Phi) is 3.94. The molecular weight excluding hydrogens is 278 g/mol. The van der Waals surface area contributed by atoms with Crippen LogP contribution in [0.2, 0.25) is 0 Å². The van der Waals surface area contributed by atoms with Crippen molar-refractivity contribution in [2.24, 2.45) is 4.99 Å². The monoisotopic (exact) mass is 287 g/mol. The first-order valence-corrected chi connectivity index (χ1v) is 7.83. The van der Waals surface area contributed by atoms with Crippen LogP contribution >= 0.6 is 26.9 Å². The maximum absolute atomic E-state index is 10.9. The molecule has 1 rings (SSSR count). The van der Waals surface area contributed by atoms with E-state index >= 15 is 0 Å². The maximum atomic E-state index is 10.9. The highest BCUT2D eigenvalue weighted by Crippen LogP contribution is 2.61. The van der Waals surface area contributed by atoms with Crippen molar-refractivity contribution in [3.8, 4) is 0 Å². The van der Waals surface area contributed by atoms with Crippen molar-refractivity contribution in [3.63, 3.8) is 0 Å². The predicted octanol–water partition coefficient (Wildman–Crippen LogP) is 0.356. The summed E-state index contributed by atoms with van der Waals surface area (Å²) in [7, 11) is -9.89. The van der Waals surface area contributed by atoms with Crippen LogP contribution in [0.5, 0.6) is 0 Å². The van der Waals surface area contributed by atoms with Gasteiger partial charge in [-0.15, -0.1) is 11.3 Å². The van der Waals surface area contributed by atoms with E-state index < -0.39 is 20.7 Å². The summed E-state index contributed by atoms with van der Waals surface area (Å²) in [6.45, 7) is 1.69. The second-order valence-corrected chi connectivity index (χ2v) is 7.42. The van der Waals surface area contributed by atoms with Crippen LogP contribution in [0.4, 0.5) is 5.13 Å². The fourth-order valence-electron chi connectivity index (χ4n) is 0.787. The molecule has 0 aliphatic rings. The van der Waals surface area contributed by atoms with E-state index in [1.54, 1.807) is 6.92 Å². The van der Waals surface area contributed by atoms with Crippen molar-refractivity contribution in [1.82, 2.24) is 4.98 Å². The molecule has 0 aliphatic carbocycles. The number of aromatic nitrogens is 1. The van der Waals surface area contributed by atoms with Crippen LogP contribution in [0.15, 0.2) is 11.2 Å². The summed E-state index contributed by atoms with van der Waals surface area (Å²) in [5, 5.41) is -1.42. The smallest absolute Gasteiger partial charge is 0.317 e. The van der Waals surface area contributed by atoms with Gasteiger partial charge in [0.25, 0.3) is 0 Å². The number of thiazole rings is 1. The van der Waals surface area contributed by atoms with E-state index in [0.29, 0.717) is 0 Å². The fraction of sp³-hybridized carbons (Fsp3) is 0.200. The Labute approximate surface area is 94.7 Å². The van der Waals surface area contributed by atoms with E-state index in [9.17, 15) is 4.57 Å². The lowest BCUT2D eigenvalue weighted by Crippen LogP contribution is -2.05. The molecule has 1 heterocycles. The molecule has 5 N–H and O–H groups in total. The van der Waals surface area contributed by atoms with Crippen LogP contribution in [0, 0.1) is 6.92 Å². The molecule has 0 amide bonds. The quantitative estimate of drug-likeness (QED) is 0.398. The molecule has 90 valence electrons. The van der Waals surface area contributed by atoms with E-state index in [4.69, 9.17) is 24.5 Å². The average molecular weight is 287 g/mol. The molecule has 11 heteroatoms. The van der Waals surface area contributed by atoms with Gasteiger partial charge in [-0.05, 0) is 6.92 Å². The summed E-state index contributed by atoms with van der Waals surface area (Å²) in [6, 6.07) is 0. The van der Waals surface area contributed by atoms with Crippen LogP contribution in [-0.2, 0) is 4.57 Å². The maximum Gasteiger partial charge on any atom is 0.469 e. The molecule has 8 nitrogen and oxygen atoms in total. The summed E-state index contributed by atoms with van der Waals surface area (Å²) in [5.41, 5.74) is 0. The lowest BCUT2D eigenvalue weighted by Gasteiger charge is -2.06. The third kappa shape index (κ3) is 3.65. The van der Waals surface area contributed by atoms with E-state index in [-0.39, 0.29) is 5.13 Å². The SMILES string of the molecule is Cc1cnc(N=C(P(=O)(O)O)[P+](O)(O)O)s1. The van der Waals surface area contributed by atoms with Crippen LogP contribution in [0.1, 0.15) is 4.88 Å². The second kappa shape index (κ2) is 4.56. The summed E-state index contributed by atoms with van der Waals surface area (Å²) < 4.78 is 10.9. The zero-order chi connectivity index (χ0) is 12.6. The Morgan fingerprint density at radius 2 is 2.06 bits per heavy atom. The van der Waals surface area contributed by atoms with Crippen molar-refractivity contribution in [3.05, 3.63) is 11.1 Å². The first kappa shape index (κ1) is 13.8. The van der Waals surface area contributed by atoms with E-state index in [0.717, 1.165) is 16.2 Å². The van der Waals surface area contributed by atoms with Gasteiger partial charge >= 0.3 is 20.7 Å². The summed E-state index contributed by atoms with van der Waals surface area (Å²) >= 11 is 0.991. The molecule has 0 spiro atoms. The minimum Gasteiger partial charge on any atom is -0.317 e. The van der Waals surface area contributed by atoms with Gasteiger partial charge in [-0.3, -0.25) is 0 Å². The Morgan fingerprint density at radius 1 is 1.50 bits per heavy atom. The van der Waals surface area contributed by atoms with Gasteiger partial charge in [0.05, 0.1) is 0 Å². The van der Waals surface area contributed by atoms with Gasteiger partial charge in [0, 0.05) is 11.1 Å². The first-order chi connectivity index (χ1) is 7.10. The van der Waals surface area contributed by atoms with Gasteiger partial charge in [-0.25, -0.2) is 9.55 Å². The van der Waals surface area contributed by atoms with Crippen molar-refractivity contribution < 1.29 is 29.0 Å². The molecule has 0 radical (unpaired) electrons. The Bertz CT molecular complexity index is 460. The fourth-order valence-corrected chi connectivity index (χ4v) is 3.41. The predicted molar refractivity (Wildman–Crippen MR) is 59.6 cm³/mol. The highest BCUT2D eigenvalue weighted by molar-refractivity contribution is 8.00.